The van der Waals surface area contributed by atoms with Gasteiger partial charge in [0.15, 0.2) is 0 Å². The molecule has 0 aromatic heterocycles. The summed E-state index contributed by atoms with van der Waals surface area (Å²) in [6, 6.07) is 17.6. The van der Waals surface area contributed by atoms with E-state index in [1.54, 1.807) is 0 Å². The number of benzene rings is 2. The van der Waals surface area contributed by atoms with E-state index >= 15 is 0 Å². The molecule has 20 heavy (non-hydrogen) atoms. The molecule has 0 fully saturated rings. The van der Waals surface area contributed by atoms with Crippen molar-refractivity contribution in [2.45, 2.75) is 12.1 Å². The van der Waals surface area contributed by atoms with Gasteiger partial charge in [-0.3, -0.25) is 0 Å². The molecule has 102 valence electrons. The molecule has 1 aliphatic rings. The quantitative estimate of drug-likeness (QED) is 0.551. The smallest absolute Gasteiger partial charge is 0.358 e. The Morgan fingerprint density at radius 1 is 0.900 bits per heavy atom. The van der Waals surface area contributed by atoms with Gasteiger partial charge in [-0.15, -0.1) is 12.3 Å². The maximum Gasteiger partial charge on any atom is 2.00 e. The Balaban J connectivity index is 0.00000120. The van der Waals surface area contributed by atoms with E-state index in [4.69, 9.17) is 0 Å². The van der Waals surface area contributed by atoms with Gasteiger partial charge in [-0.1, -0.05) is 55.1 Å². The molecule has 0 amide bonds. The van der Waals surface area contributed by atoms with Crippen LogP contribution in [0.15, 0.2) is 60.8 Å². The van der Waals surface area contributed by atoms with Crippen LogP contribution >= 0.6 is 0 Å². The van der Waals surface area contributed by atoms with Crippen LogP contribution in [0.3, 0.4) is 0 Å². The second-order valence-electron chi connectivity index (χ2n) is 4.75. The van der Waals surface area contributed by atoms with Crippen LogP contribution in [0, 0.1) is 14.9 Å². The van der Waals surface area contributed by atoms with Gasteiger partial charge in [0.1, 0.15) is 0 Å². The third-order valence-corrected chi connectivity index (χ3v) is 6.29. The molecular weight excluding hydrogens is 292 g/mol. The standard InChI is InChI=1S/C16H16Si.2CH3.Ti/c1-3-17(2)16-14-10-6-4-8-12(14)13-9-5-7-11-15(13)16;;;/h3-11,16-17H,1H2,2H3;2*1H3;/q;2*-1;+2. The van der Waals surface area contributed by atoms with Gasteiger partial charge in [0.25, 0.3) is 0 Å². The number of hydrogen-bond donors (Lipinski definition) is 0. The van der Waals surface area contributed by atoms with Gasteiger partial charge in [0.2, 0.25) is 0 Å². The van der Waals surface area contributed by atoms with Crippen molar-refractivity contribution in [3.63, 3.8) is 0 Å². The monoisotopic (exact) mass is 314 g/mol. The molecule has 0 aliphatic heterocycles. The second kappa shape index (κ2) is 7.78. The van der Waals surface area contributed by atoms with E-state index in [-0.39, 0.29) is 36.6 Å². The van der Waals surface area contributed by atoms with E-state index in [2.05, 4.69) is 67.4 Å². The summed E-state index contributed by atoms with van der Waals surface area (Å²) in [6.07, 6.45) is 0. The van der Waals surface area contributed by atoms with Crippen LogP contribution < -0.4 is 0 Å². The summed E-state index contributed by atoms with van der Waals surface area (Å²) in [5.74, 6) is 0. The molecule has 3 rings (SSSR count). The molecule has 0 saturated carbocycles. The molecule has 1 aliphatic carbocycles. The summed E-state index contributed by atoms with van der Waals surface area (Å²) < 4.78 is 0. The zero-order chi connectivity index (χ0) is 11.8. The Hall–Kier alpha value is -0.889. The van der Waals surface area contributed by atoms with Crippen molar-refractivity contribution < 1.29 is 21.7 Å². The van der Waals surface area contributed by atoms with Crippen molar-refractivity contribution in [2.24, 2.45) is 0 Å². The van der Waals surface area contributed by atoms with Crippen molar-refractivity contribution >= 4 is 8.80 Å². The third kappa shape index (κ3) is 2.90. The topological polar surface area (TPSA) is 0 Å². The minimum atomic E-state index is -0.944. The minimum absolute atomic E-state index is 0. The predicted octanol–water partition coefficient (Wildman–Crippen LogP) is 4.82. The second-order valence-corrected chi connectivity index (χ2v) is 7.60. The molecule has 2 heteroatoms. The SMILES string of the molecule is C=C[SiH](C)C1c2ccccc2-c2ccccc21.[CH3-].[CH3-].[Ti+2]. The fourth-order valence-electron chi connectivity index (χ4n) is 2.90. The molecule has 2 aromatic carbocycles. The third-order valence-electron chi connectivity index (χ3n) is 3.78. The van der Waals surface area contributed by atoms with Gasteiger partial charge in [0, 0.05) is 5.54 Å². The normalized spacial score (nSPS) is 12.8. The van der Waals surface area contributed by atoms with Crippen molar-refractivity contribution in [1.82, 2.24) is 0 Å². The summed E-state index contributed by atoms with van der Waals surface area (Å²) in [4.78, 5) is 0. The van der Waals surface area contributed by atoms with Crippen LogP contribution in [0.4, 0.5) is 0 Å². The summed E-state index contributed by atoms with van der Waals surface area (Å²) in [6.45, 7) is 6.40. The fourth-order valence-corrected chi connectivity index (χ4v) is 4.88. The molecule has 0 spiro atoms. The average molecular weight is 314 g/mol. The zero-order valence-corrected chi connectivity index (χ0v) is 15.3. The largest absolute Gasteiger partial charge is 2.00 e. The molecule has 1 atom stereocenters. The average Bonchev–Trinajstić information content (AvgIpc) is 2.72. The Morgan fingerprint density at radius 2 is 1.30 bits per heavy atom. The van der Waals surface area contributed by atoms with Crippen LogP contribution in [0.1, 0.15) is 16.7 Å². The number of hydrogen-bond acceptors (Lipinski definition) is 0. The Labute approximate surface area is 140 Å². The summed E-state index contributed by atoms with van der Waals surface area (Å²) in [5.41, 5.74) is 8.67. The molecule has 0 nitrogen and oxygen atoms in total. The zero-order valence-electron chi connectivity index (χ0n) is 12.6. The first-order chi connectivity index (χ1) is 8.33. The van der Waals surface area contributed by atoms with Crippen molar-refractivity contribution in [3.8, 4) is 11.1 Å². The molecule has 0 N–H and O–H groups in total. The Bertz CT molecular complexity index is 532. The van der Waals surface area contributed by atoms with E-state index < -0.39 is 8.80 Å². The maximum absolute atomic E-state index is 4.01. The first kappa shape index (κ1) is 19.1. The van der Waals surface area contributed by atoms with Crippen molar-refractivity contribution in [2.75, 3.05) is 0 Å². The molecule has 0 saturated heterocycles. The Kier molecular flexibility index (Phi) is 7.43. The van der Waals surface area contributed by atoms with Gasteiger partial charge in [-0.05, 0) is 22.3 Å². The summed E-state index contributed by atoms with van der Waals surface area (Å²) in [7, 11) is -0.944. The molecule has 2 aromatic rings. The number of fused-ring (bicyclic) bond motifs is 3. The van der Waals surface area contributed by atoms with Gasteiger partial charge >= 0.3 is 21.7 Å². The molecule has 1 unspecified atom stereocenters. The van der Waals surface area contributed by atoms with Gasteiger partial charge < -0.3 is 14.9 Å². The van der Waals surface area contributed by atoms with Gasteiger partial charge in [-0.25, -0.2) is 0 Å². The fraction of sp³-hybridized carbons (Fsp3) is 0.111. The predicted molar refractivity (Wildman–Crippen MR) is 89.8 cm³/mol. The van der Waals surface area contributed by atoms with E-state index in [0.717, 1.165) is 0 Å². The van der Waals surface area contributed by atoms with E-state index in [1.165, 1.54) is 22.3 Å². The van der Waals surface area contributed by atoms with Crippen molar-refractivity contribution in [3.05, 3.63) is 86.8 Å². The minimum Gasteiger partial charge on any atom is -0.358 e. The van der Waals surface area contributed by atoms with Crippen LogP contribution in [-0.4, -0.2) is 8.80 Å². The van der Waals surface area contributed by atoms with Crippen LogP contribution in [0.2, 0.25) is 6.55 Å². The molecule has 0 bridgehead atoms. The van der Waals surface area contributed by atoms with Gasteiger partial charge in [0.05, 0.1) is 8.80 Å². The molecular formula is C18H22SiTi. The first-order valence-corrected chi connectivity index (χ1v) is 8.62. The summed E-state index contributed by atoms with van der Waals surface area (Å²) >= 11 is 0. The van der Waals surface area contributed by atoms with Crippen LogP contribution in [-0.2, 0) is 21.7 Å². The van der Waals surface area contributed by atoms with Gasteiger partial charge in [-0.2, -0.15) is 0 Å². The van der Waals surface area contributed by atoms with E-state index in [1.807, 2.05) is 0 Å². The summed E-state index contributed by atoms with van der Waals surface area (Å²) in [5, 5.41) is 0. The number of rotatable bonds is 2. The van der Waals surface area contributed by atoms with E-state index in [9.17, 15) is 0 Å². The van der Waals surface area contributed by atoms with Crippen LogP contribution in [0.5, 0.6) is 0 Å². The Morgan fingerprint density at radius 3 is 1.70 bits per heavy atom. The van der Waals surface area contributed by atoms with E-state index in [0.29, 0.717) is 5.54 Å². The van der Waals surface area contributed by atoms with Crippen molar-refractivity contribution in [1.29, 1.82) is 0 Å². The molecule has 0 radical (unpaired) electrons. The first-order valence-electron chi connectivity index (χ1n) is 6.13. The van der Waals surface area contributed by atoms with Crippen LogP contribution in [0.25, 0.3) is 11.1 Å². The maximum atomic E-state index is 4.01. The molecule has 0 heterocycles.